The molecular formula is C53H102O4. The van der Waals surface area contributed by atoms with Crippen molar-refractivity contribution in [2.75, 3.05) is 6.61 Å². The van der Waals surface area contributed by atoms with E-state index in [1.165, 1.54) is 238 Å². The van der Waals surface area contributed by atoms with Gasteiger partial charge in [0.2, 0.25) is 0 Å². The van der Waals surface area contributed by atoms with Gasteiger partial charge in [0.05, 0.1) is 13.0 Å². The Morgan fingerprint density at radius 3 is 1.00 bits per heavy atom. The lowest BCUT2D eigenvalue weighted by atomic mass is 9.90. The first-order valence-electron chi connectivity index (χ1n) is 26.3. The summed E-state index contributed by atoms with van der Waals surface area (Å²) < 4.78 is 11.8. The molecule has 1 saturated carbocycles. The van der Waals surface area contributed by atoms with Crippen LogP contribution in [0, 0.1) is 5.41 Å². The number of rotatable bonds is 27. The van der Waals surface area contributed by atoms with Crippen molar-refractivity contribution in [2.45, 2.75) is 316 Å². The SMILES string of the molecule is CCCCCCCCCCCCCCCCCCCCCCCC(=O)OCC(C)(C)CC(=O)OC1CCCCCCCCCCCCCCCCCCCCCC1. The van der Waals surface area contributed by atoms with Crippen molar-refractivity contribution >= 4 is 11.9 Å². The van der Waals surface area contributed by atoms with Gasteiger partial charge in [0.25, 0.3) is 0 Å². The fraction of sp³-hybridized carbons (Fsp3) is 0.962. The van der Waals surface area contributed by atoms with Crippen molar-refractivity contribution < 1.29 is 19.1 Å². The first kappa shape index (κ1) is 54.0. The van der Waals surface area contributed by atoms with E-state index in [1.807, 2.05) is 13.8 Å². The Morgan fingerprint density at radius 1 is 0.404 bits per heavy atom. The molecule has 0 saturated heterocycles. The predicted octanol–water partition coefficient (Wildman–Crippen LogP) is 18.1. The molecule has 0 aromatic rings. The van der Waals surface area contributed by atoms with Crippen LogP contribution in [0.25, 0.3) is 0 Å². The highest BCUT2D eigenvalue weighted by molar-refractivity contribution is 5.71. The molecule has 1 aliphatic rings. The van der Waals surface area contributed by atoms with E-state index in [1.54, 1.807) is 0 Å². The van der Waals surface area contributed by atoms with Gasteiger partial charge in [0.1, 0.15) is 6.10 Å². The number of carbonyl (C=O) groups excluding carboxylic acids is 2. The zero-order valence-corrected chi connectivity index (χ0v) is 39.2. The third-order valence-electron chi connectivity index (χ3n) is 12.8. The molecule has 0 N–H and O–H groups in total. The molecule has 4 nitrogen and oxygen atoms in total. The Morgan fingerprint density at radius 2 is 0.684 bits per heavy atom. The van der Waals surface area contributed by atoms with Crippen LogP contribution >= 0.6 is 0 Å². The molecule has 0 radical (unpaired) electrons. The van der Waals surface area contributed by atoms with Crippen molar-refractivity contribution in [3.05, 3.63) is 0 Å². The summed E-state index contributed by atoms with van der Waals surface area (Å²) in [5.74, 6) is -0.242. The Kier molecular flexibility index (Phi) is 39.4. The topological polar surface area (TPSA) is 52.6 Å². The van der Waals surface area contributed by atoms with Gasteiger partial charge in [-0.3, -0.25) is 9.59 Å². The van der Waals surface area contributed by atoms with Crippen molar-refractivity contribution in [3.8, 4) is 0 Å². The number of esters is 2. The molecular weight excluding hydrogens is 701 g/mol. The number of hydrogen-bond donors (Lipinski definition) is 0. The summed E-state index contributed by atoms with van der Waals surface area (Å²) in [6, 6.07) is 0. The molecule has 0 aliphatic heterocycles. The summed E-state index contributed by atoms with van der Waals surface area (Å²) in [5, 5.41) is 0. The maximum Gasteiger partial charge on any atom is 0.306 e. The van der Waals surface area contributed by atoms with Gasteiger partial charge in [0, 0.05) is 11.8 Å². The molecule has 0 amide bonds. The van der Waals surface area contributed by atoms with Crippen LogP contribution in [-0.4, -0.2) is 24.6 Å². The van der Waals surface area contributed by atoms with Crippen LogP contribution in [0.4, 0.5) is 0 Å². The fourth-order valence-corrected chi connectivity index (χ4v) is 8.91. The van der Waals surface area contributed by atoms with E-state index in [9.17, 15) is 9.59 Å². The first-order valence-corrected chi connectivity index (χ1v) is 26.3. The second kappa shape index (κ2) is 41.7. The average molecular weight is 803 g/mol. The lowest BCUT2D eigenvalue weighted by molar-refractivity contribution is -0.156. The van der Waals surface area contributed by atoms with Crippen LogP contribution in [0.15, 0.2) is 0 Å². The van der Waals surface area contributed by atoms with Gasteiger partial charge in [-0.15, -0.1) is 0 Å². The number of hydrogen-bond acceptors (Lipinski definition) is 4. The minimum Gasteiger partial charge on any atom is -0.465 e. The maximum absolute atomic E-state index is 13.1. The number of unbranched alkanes of at least 4 members (excludes halogenated alkanes) is 20. The van der Waals surface area contributed by atoms with Crippen LogP contribution < -0.4 is 0 Å². The highest BCUT2D eigenvalue weighted by Crippen LogP contribution is 2.25. The van der Waals surface area contributed by atoms with Crippen LogP contribution in [0.3, 0.4) is 0 Å². The van der Waals surface area contributed by atoms with Crippen molar-refractivity contribution in [1.29, 1.82) is 0 Å². The summed E-state index contributed by atoms with van der Waals surface area (Å²) in [5.41, 5.74) is -0.413. The molecule has 0 spiro atoms. The van der Waals surface area contributed by atoms with E-state index in [4.69, 9.17) is 9.47 Å². The third kappa shape index (κ3) is 40.1. The largest absolute Gasteiger partial charge is 0.465 e. The van der Waals surface area contributed by atoms with Gasteiger partial charge in [-0.25, -0.2) is 0 Å². The molecule has 338 valence electrons. The van der Waals surface area contributed by atoms with E-state index >= 15 is 0 Å². The molecule has 0 atom stereocenters. The fourth-order valence-electron chi connectivity index (χ4n) is 8.91. The number of carbonyl (C=O) groups is 2. The smallest absolute Gasteiger partial charge is 0.306 e. The van der Waals surface area contributed by atoms with E-state index < -0.39 is 5.41 Å². The summed E-state index contributed by atoms with van der Waals surface area (Å²) in [4.78, 5) is 25.7. The highest BCUT2D eigenvalue weighted by atomic mass is 16.5. The molecule has 1 fully saturated rings. The zero-order valence-electron chi connectivity index (χ0n) is 39.2. The highest BCUT2D eigenvalue weighted by Gasteiger charge is 2.26. The summed E-state index contributed by atoms with van der Waals surface area (Å²) in [6.07, 6.45) is 58.4. The molecule has 57 heavy (non-hydrogen) atoms. The molecule has 0 unspecified atom stereocenters. The van der Waals surface area contributed by atoms with Crippen molar-refractivity contribution in [1.82, 2.24) is 0 Å². The van der Waals surface area contributed by atoms with Crippen LogP contribution in [0.1, 0.15) is 310 Å². The maximum atomic E-state index is 13.1. The normalized spacial score (nSPS) is 17.2. The minimum atomic E-state index is -0.413. The molecule has 0 aromatic carbocycles. The first-order chi connectivity index (χ1) is 27.9. The predicted molar refractivity (Wildman–Crippen MR) is 248 cm³/mol. The van der Waals surface area contributed by atoms with Gasteiger partial charge >= 0.3 is 11.9 Å². The quantitative estimate of drug-likeness (QED) is 0.0613. The van der Waals surface area contributed by atoms with E-state index in [0.29, 0.717) is 12.8 Å². The Hall–Kier alpha value is -1.06. The Balaban J connectivity index is 2.12. The molecule has 0 heterocycles. The summed E-state index contributed by atoms with van der Waals surface area (Å²) in [6.45, 7) is 6.63. The van der Waals surface area contributed by atoms with E-state index in [2.05, 4.69) is 6.92 Å². The lowest BCUT2D eigenvalue weighted by Gasteiger charge is -2.25. The van der Waals surface area contributed by atoms with Crippen molar-refractivity contribution in [2.24, 2.45) is 5.41 Å². The molecule has 4 heteroatoms. The number of ether oxygens (including phenoxy) is 2. The van der Waals surface area contributed by atoms with Gasteiger partial charge < -0.3 is 9.47 Å². The third-order valence-corrected chi connectivity index (χ3v) is 12.8. The van der Waals surface area contributed by atoms with E-state index in [-0.39, 0.29) is 24.6 Å². The second-order valence-electron chi connectivity index (χ2n) is 19.6. The Bertz CT molecular complexity index is 828. The molecule has 0 aromatic heterocycles. The van der Waals surface area contributed by atoms with E-state index in [0.717, 1.165) is 38.5 Å². The Labute approximate surface area is 357 Å². The summed E-state index contributed by atoms with van der Waals surface area (Å²) in [7, 11) is 0. The van der Waals surface area contributed by atoms with Gasteiger partial charge in [-0.2, -0.15) is 0 Å². The minimum absolute atomic E-state index is 0.0292. The van der Waals surface area contributed by atoms with Gasteiger partial charge in [0.15, 0.2) is 0 Å². The summed E-state index contributed by atoms with van der Waals surface area (Å²) >= 11 is 0. The van der Waals surface area contributed by atoms with Gasteiger partial charge in [-0.1, -0.05) is 265 Å². The monoisotopic (exact) mass is 803 g/mol. The zero-order chi connectivity index (χ0) is 41.2. The van der Waals surface area contributed by atoms with Crippen LogP contribution in [0.5, 0.6) is 0 Å². The standard InChI is InChI=1S/C53H102O4/c1-4-5-6-7-8-9-10-11-12-13-14-15-20-23-26-29-32-35-38-41-44-47-51(54)56-49-53(2,3)48-52(55)57-50-45-42-39-36-33-30-27-24-21-18-16-17-19-22-25-28-31-34-37-40-43-46-50/h50H,4-49H2,1-3H3. The van der Waals surface area contributed by atoms with Gasteiger partial charge in [-0.05, 0) is 32.1 Å². The van der Waals surface area contributed by atoms with Crippen LogP contribution in [0.2, 0.25) is 0 Å². The second-order valence-corrected chi connectivity index (χ2v) is 19.6. The van der Waals surface area contributed by atoms with Crippen molar-refractivity contribution in [3.63, 3.8) is 0 Å². The molecule has 1 rings (SSSR count). The van der Waals surface area contributed by atoms with Crippen LogP contribution in [-0.2, 0) is 19.1 Å². The lowest BCUT2D eigenvalue weighted by Crippen LogP contribution is -2.28. The molecule has 0 bridgehead atoms. The molecule has 1 aliphatic carbocycles. The average Bonchev–Trinajstić information content (AvgIpc) is 3.19.